The standard InChI is InChI=1S/C21H26FN3O/c1-26-19-9-5-8-16(20(19)22)13-25-11-10-18-17(14-25)12-23-21(24-18)15-6-3-2-4-7-15/h5,8-9,12,15H,2-4,6-7,10-11,13-14H2,1H3. The number of benzene rings is 1. The van der Waals surface area contributed by atoms with Crippen LogP contribution in [-0.2, 0) is 19.5 Å². The van der Waals surface area contributed by atoms with Gasteiger partial charge >= 0.3 is 0 Å². The topological polar surface area (TPSA) is 38.2 Å². The van der Waals surface area contributed by atoms with Crippen LogP contribution in [0.3, 0.4) is 0 Å². The van der Waals surface area contributed by atoms with E-state index < -0.39 is 0 Å². The molecule has 138 valence electrons. The zero-order valence-corrected chi connectivity index (χ0v) is 15.4. The summed E-state index contributed by atoms with van der Waals surface area (Å²) in [6, 6.07) is 5.33. The van der Waals surface area contributed by atoms with Crippen LogP contribution in [0.2, 0.25) is 0 Å². The van der Waals surface area contributed by atoms with Crippen LogP contribution in [0.4, 0.5) is 4.39 Å². The molecule has 5 heteroatoms. The Balaban J connectivity index is 1.46. The lowest BCUT2D eigenvalue weighted by Crippen LogP contribution is -2.31. The fourth-order valence-corrected chi connectivity index (χ4v) is 4.16. The van der Waals surface area contributed by atoms with Crippen molar-refractivity contribution in [1.82, 2.24) is 14.9 Å². The van der Waals surface area contributed by atoms with Gasteiger partial charge in [0, 0.05) is 55.0 Å². The van der Waals surface area contributed by atoms with Crippen LogP contribution in [-0.4, -0.2) is 28.5 Å². The first-order valence-corrected chi connectivity index (χ1v) is 9.63. The van der Waals surface area contributed by atoms with E-state index in [0.717, 1.165) is 25.3 Å². The van der Waals surface area contributed by atoms with Gasteiger partial charge in [-0.2, -0.15) is 0 Å². The van der Waals surface area contributed by atoms with Crippen molar-refractivity contribution in [1.29, 1.82) is 0 Å². The van der Waals surface area contributed by atoms with Crippen LogP contribution in [0.5, 0.6) is 5.75 Å². The Kier molecular flexibility index (Phi) is 5.16. The lowest BCUT2D eigenvalue weighted by Gasteiger charge is -2.29. The van der Waals surface area contributed by atoms with E-state index >= 15 is 0 Å². The third-order valence-electron chi connectivity index (χ3n) is 5.66. The van der Waals surface area contributed by atoms with Gasteiger partial charge in [0.05, 0.1) is 7.11 Å². The van der Waals surface area contributed by atoms with Gasteiger partial charge in [0.1, 0.15) is 5.82 Å². The molecule has 1 aromatic carbocycles. The van der Waals surface area contributed by atoms with Crippen LogP contribution in [0, 0.1) is 5.82 Å². The van der Waals surface area contributed by atoms with Crippen LogP contribution < -0.4 is 4.74 Å². The quantitative estimate of drug-likeness (QED) is 0.823. The fraction of sp³-hybridized carbons (Fsp3) is 0.524. The van der Waals surface area contributed by atoms with E-state index in [1.807, 2.05) is 18.3 Å². The van der Waals surface area contributed by atoms with Crippen molar-refractivity contribution in [3.05, 3.63) is 52.9 Å². The van der Waals surface area contributed by atoms with Gasteiger partial charge in [0.15, 0.2) is 11.6 Å². The Labute approximate surface area is 154 Å². The molecule has 0 spiro atoms. The summed E-state index contributed by atoms with van der Waals surface area (Å²) in [6.07, 6.45) is 9.29. The predicted molar refractivity (Wildman–Crippen MR) is 98.6 cm³/mol. The van der Waals surface area contributed by atoms with E-state index in [1.165, 1.54) is 50.5 Å². The predicted octanol–water partition coefficient (Wildman–Crippen LogP) is 4.23. The average Bonchev–Trinajstić information content (AvgIpc) is 2.70. The minimum absolute atomic E-state index is 0.260. The first kappa shape index (κ1) is 17.4. The van der Waals surface area contributed by atoms with Gasteiger partial charge in [0.2, 0.25) is 0 Å². The molecule has 1 aromatic heterocycles. The third kappa shape index (κ3) is 3.58. The molecular weight excluding hydrogens is 329 g/mol. The molecule has 1 aliphatic carbocycles. The molecule has 1 fully saturated rings. The first-order valence-electron chi connectivity index (χ1n) is 9.63. The minimum Gasteiger partial charge on any atom is -0.494 e. The molecule has 26 heavy (non-hydrogen) atoms. The summed E-state index contributed by atoms with van der Waals surface area (Å²) >= 11 is 0. The molecule has 1 aliphatic heterocycles. The zero-order chi connectivity index (χ0) is 17.9. The molecule has 0 radical (unpaired) electrons. The lowest BCUT2D eigenvalue weighted by atomic mass is 9.88. The number of fused-ring (bicyclic) bond motifs is 1. The Bertz CT molecular complexity index is 774. The highest BCUT2D eigenvalue weighted by molar-refractivity contribution is 5.31. The summed E-state index contributed by atoms with van der Waals surface area (Å²) in [5.74, 6) is 1.62. The first-order chi connectivity index (χ1) is 12.7. The Morgan fingerprint density at radius 1 is 1.23 bits per heavy atom. The van der Waals surface area contributed by atoms with Gasteiger partial charge in [-0.3, -0.25) is 4.90 Å². The molecular formula is C21H26FN3O. The van der Waals surface area contributed by atoms with E-state index in [-0.39, 0.29) is 5.82 Å². The molecule has 4 rings (SSSR count). The molecule has 2 aromatic rings. The van der Waals surface area contributed by atoms with Crippen molar-refractivity contribution in [3.8, 4) is 5.75 Å². The SMILES string of the molecule is COc1cccc(CN2CCc3nc(C4CCCCC4)ncc3C2)c1F. The number of rotatable bonds is 4. The Hall–Kier alpha value is -2.01. The molecule has 0 amide bonds. The Morgan fingerprint density at radius 3 is 2.88 bits per heavy atom. The average molecular weight is 355 g/mol. The molecule has 0 saturated heterocycles. The summed E-state index contributed by atoms with van der Waals surface area (Å²) in [5, 5.41) is 0. The molecule has 1 saturated carbocycles. The normalized spacial score (nSPS) is 18.5. The maximum Gasteiger partial charge on any atom is 0.169 e. The zero-order valence-electron chi connectivity index (χ0n) is 15.4. The number of hydrogen-bond acceptors (Lipinski definition) is 4. The van der Waals surface area contributed by atoms with Crippen LogP contribution in [0.25, 0.3) is 0 Å². The number of aromatic nitrogens is 2. The molecule has 4 nitrogen and oxygen atoms in total. The van der Waals surface area contributed by atoms with E-state index in [0.29, 0.717) is 23.8 Å². The van der Waals surface area contributed by atoms with E-state index in [9.17, 15) is 4.39 Å². The van der Waals surface area contributed by atoms with E-state index in [1.54, 1.807) is 6.07 Å². The second-order valence-corrected chi connectivity index (χ2v) is 7.43. The Morgan fingerprint density at radius 2 is 2.08 bits per heavy atom. The highest BCUT2D eigenvalue weighted by atomic mass is 19.1. The summed E-state index contributed by atoms with van der Waals surface area (Å²) < 4.78 is 19.5. The molecule has 2 aliphatic rings. The molecule has 0 bridgehead atoms. The molecule has 0 unspecified atom stereocenters. The van der Waals surface area contributed by atoms with Gasteiger partial charge in [-0.05, 0) is 18.9 Å². The maximum atomic E-state index is 14.4. The monoisotopic (exact) mass is 355 g/mol. The van der Waals surface area contributed by atoms with E-state index in [4.69, 9.17) is 9.72 Å². The highest BCUT2D eigenvalue weighted by Gasteiger charge is 2.23. The van der Waals surface area contributed by atoms with Gasteiger partial charge in [0.25, 0.3) is 0 Å². The second-order valence-electron chi connectivity index (χ2n) is 7.43. The van der Waals surface area contributed by atoms with Crippen LogP contribution in [0.15, 0.2) is 24.4 Å². The number of halogens is 1. The number of nitrogens with zero attached hydrogens (tertiary/aromatic N) is 3. The third-order valence-corrected chi connectivity index (χ3v) is 5.66. The van der Waals surface area contributed by atoms with Gasteiger partial charge in [-0.15, -0.1) is 0 Å². The van der Waals surface area contributed by atoms with Gasteiger partial charge in [-0.1, -0.05) is 31.4 Å². The van der Waals surface area contributed by atoms with Gasteiger partial charge in [-0.25, -0.2) is 14.4 Å². The maximum absolute atomic E-state index is 14.4. The van der Waals surface area contributed by atoms with Crippen molar-refractivity contribution < 1.29 is 9.13 Å². The molecule has 2 heterocycles. The van der Waals surface area contributed by atoms with Crippen molar-refractivity contribution in [3.63, 3.8) is 0 Å². The number of methoxy groups -OCH3 is 1. The second kappa shape index (κ2) is 7.70. The molecule has 0 atom stereocenters. The van der Waals surface area contributed by atoms with E-state index in [2.05, 4.69) is 9.88 Å². The van der Waals surface area contributed by atoms with Crippen LogP contribution >= 0.6 is 0 Å². The highest BCUT2D eigenvalue weighted by Crippen LogP contribution is 2.31. The summed E-state index contributed by atoms with van der Waals surface area (Å²) in [4.78, 5) is 11.8. The fourth-order valence-electron chi connectivity index (χ4n) is 4.16. The number of hydrogen-bond donors (Lipinski definition) is 0. The summed E-state index contributed by atoms with van der Waals surface area (Å²) in [7, 11) is 1.50. The van der Waals surface area contributed by atoms with Gasteiger partial charge < -0.3 is 4.74 Å². The molecule has 0 N–H and O–H groups in total. The van der Waals surface area contributed by atoms with Crippen molar-refractivity contribution in [2.24, 2.45) is 0 Å². The smallest absolute Gasteiger partial charge is 0.169 e. The minimum atomic E-state index is -0.260. The van der Waals surface area contributed by atoms with Crippen LogP contribution in [0.1, 0.15) is 60.7 Å². The largest absolute Gasteiger partial charge is 0.494 e. The summed E-state index contributed by atoms with van der Waals surface area (Å²) in [5.41, 5.74) is 3.04. The summed E-state index contributed by atoms with van der Waals surface area (Å²) in [6.45, 7) is 2.24. The number of ether oxygens (including phenoxy) is 1. The van der Waals surface area contributed by atoms with Crippen molar-refractivity contribution in [2.45, 2.75) is 57.5 Å². The lowest BCUT2D eigenvalue weighted by molar-refractivity contribution is 0.237. The van der Waals surface area contributed by atoms with Crippen molar-refractivity contribution >= 4 is 0 Å². The van der Waals surface area contributed by atoms with Crippen molar-refractivity contribution in [2.75, 3.05) is 13.7 Å².